The number of nitrogens with one attached hydrogen (secondary N) is 1. The molecule has 78 valence electrons. The van der Waals surface area contributed by atoms with Crippen molar-refractivity contribution in [2.75, 3.05) is 7.11 Å². The Morgan fingerprint density at radius 3 is 2.79 bits per heavy atom. The molecule has 1 rings (SSSR count). The topological polar surface area (TPSA) is 61.7 Å². The average molecular weight is 266 g/mol. The summed E-state index contributed by atoms with van der Waals surface area (Å²) in [6.45, 7) is -0.180. The summed E-state index contributed by atoms with van der Waals surface area (Å²) < 4.78 is 18.4. The van der Waals surface area contributed by atoms with Crippen molar-refractivity contribution >= 4 is 15.9 Å². The zero-order chi connectivity index (χ0) is 10.7. The molecule has 3 N–H and O–H groups in total. The number of hydroxylamine groups is 1. The predicted octanol–water partition coefficient (Wildman–Crippen LogP) is 1.78. The number of rotatable bonds is 3. The average Bonchev–Trinajstić information content (AvgIpc) is 2.18. The van der Waals surface area contributed by atoms with E-state index in [1.807, 2.05) is 0 Å². The van der Waals surface area contributed by atoms with E-state index < -0.39 is 5.82 Å². The number of hydrogen-bond acceptors (Lipinski definition) is 4. The summed E-state index contributed by atoms with van der Waals surface area (Å²) in [6.07, 6.45) is 0. The van der Waals surface area contributed by atoms with Crippen LogP contribution < -0.4 is 10.2 Å². The molecule has 0 aliphatic rings. The molecule has 0 saturated carbocycles. The smallest absolute Gasteiger partial charge is 0.149 e. The fourth-order valence-corrected chi connectivity index (χ4v) is 1.54. The molecule has 0 aliphatic carbocycles. The molecule has 0 saturated heterocycles. The second-order valence-corrected chi connectivity index (χ2v) is 3.33. The van der Waals surface area contributed by atoms with Crippen LogP contribution in [0.15, 0.2) is 10.5 Å². The molecule has 0 unspecified atom stereocenters. The van der Waals surface area contributed by atoms with Crippen LogP contribution in [0, 0.1) is 5.82 Å². The molecule has 0 amide bonds. The standard InChI is InChI=1S/C8H9BrFNO3/c1-14-6-2-5(12)4(3-11-13)8(10)7(6)9/h2,11-13H,3H2,1H3. The van der Waals surface area contributed by atoms with Gasteiger partial charge in [-0.1, -0.05) is 0 Å². The van der Waals surface area contributed by atoms with Crippen molar-refractivity contribution in [2.45, 2.75) is 6.54 Å². The van der Waals surface area contributed by atoms with E-state index in [1.54, 1.807) is 5.48 Å². The Kier molecular flexibility index (Phi) is 3.68. The molecule has 0 fully saturated rings. The first-order valence-corrected chi connectivity index (χ1v) is 4.52. The number of hydrogen-bond donors (Lipinski definition) is 3. The second kappa shape index (κ2) is 4.59. The lowest BCUT2D eigenvalue weighted by Gasteiger charge is -2.10. The van der Waals surface area contributed by atoms with Gasteiger partial charge >= 0.3 is 0 Å². The molecule has 4 nitrogen and oxygen atoms in total. The van der Waals surface area contributed by atoms with Crippen LogP contribution in [-0.2, 0) is 6.54 Å². The first-order chi connectivity index (χ1) is 6.61. The summed E-state index contributed by atoms with van der Waals surface area (Å²) in [7, 11) is 1.36. The highest BCUT2D eigenvalue weighted by Crippen LogP contribution is 2.35. The van der Waals surface area contributed by atoms with E-state index in [-0.39, 0.29) is 28.1 Å². The first-order valence-electron chi connectivity index (χ1n) is 3.72. The Bertz CT molecular complexity index is 346. The molecule has 0 heterocycles. The molecule has 14 heavy (non-hydrogen) atoms. The van der Waals surface area contributed by atoms with Crippen LogP contribution in [-0.4, -0.2) is 17.4 Å². The first kappa shape index (κ1) is 11.2. The van der Waals surface area contributed by atoms with Gasteiger partial charge in [-0.05, 0) is 15.9 Å². The summed E-state index contributed by atoms with van der Waals surface area (Å²) in [4.78, 5) is 0. The Hall–Kier alpha value is -0.850. The van der Waals surface area contributed by atoms with E-state index in [9.17, 15) is 9.50 Å². The summed E-state index contributed by atoms with van der Waals surface area (Å²) >= 11 is 2.97. The highest BCUT2D eigenvalue weighted by atomic mass is 79.9. The molecule has 6 heteroatoms. The number of benzene rings is 1. The predicted molar refractivity (Wildman–Crippen MR) is 50.9 cm³/mol. The van der Waals surface area contributed by atoms with Crippen LogP contribution in [0.3, 0.4) is 0 Å². The second-order valence-electron chi connectivity index (χ2n) is 2.54. The summed E-state index contributed by atoms with van der Waals surface area (Å²) in [5, 5.41) is 17.8. The molecule has 0 bridgehead atoms. The minimum Gasteiger partial charge on any atom is -0.507 e. The molecule has 0 radical (unpaired) electrons. The van der Waals surface area contributed by atoms with Gasteiger partial charge in [0.25, 0.3) is 0 Å². The molecule has 1 aromatic carbocycles. The van der Waals surface area contributed by atoms with Crippen LogP contribution >= 0.6 is 15.9 Å². The minimum atomic E-state index is -0.664. The van der Waals surface area contributed by atoms with Gasteiger partial charge in [-0.15, -0.1) is 0 Å². The molecule has 1 aromatic rings. The van der Waals surface area contributed by atoms with Crippen molar-refractivity contribution in [2.24, 2.45) is 0 Å². The highest BCUT2D eigenvalue weighted by Gasteiger charge is 2.16. The number of phenolic OH excluding ortho intramolecular Hbond substituents is 1. The van der Waals surface area contributed by atoms with Crippen LogP contribution in [0.2, 0.25) is 0 Å². The zero-order valence-corrected chi connectivity index (χ0v) is 8.93. The van der Waals surface area contributed by atoms with Gasteiger partial charge in [0.15, 0.2) is 0 Å². The van der Waals surface area contributed by atoms with E-state index in [1.165, 1.54) is 13.2 Å². The largest absolute Gasteiger partial charge is 0.507 e. The van der Waals surface area contributed by atoms with Gasteiger partial charge in [0, 0.05) is 11.6 Å². The minimum absolute atomic E-state index is 0.0276. The molecule has 0 aromatic heterocycles. The molecular weight excluding hydrogens is 257 g/mol. The fourth-order valence-electron chi connectivity index (χ4n) is 1.02. The van der Waals surface area contributed by atoms with Gasteiger partial charge in [0.2, 0.25) is 0 Å². The Balaban J connectivity index is 3.26. The fraction of sp³-hybridized carbons (Fsp3) is 0.250. The van der Waals surface area contributed by atoms with E-state index >= 15 is 0 Å². The molecule has 0 aliphatic heterocycles. The maximum absolute atomic E-state index is 13.5. The van der Waals surface area contributed by atoms with E-state index in [0.29, 0.717) is 0 Å². The number of ether oxygens (including phenoxy) is 1. The number of aromatic hydroxyl groups is 1. The highest BCUT2D eigenvalue weighted by molar-refractivity contribution is 9.10. The molecular formula is C8H9BrFNO3. The van der Waals surface area contributed by atoms with Crippen molar-refractivity contribution in [1.82, 2.24) is 5.48 Å². The van der Waals surface area contributed by atoms with Crippen molar-refractivity contribution in [3.05, 3.63) is 21.9 Å². The summed E-state index contributed by atoms with van der Waals surface area (Å²) in [5.41, 5.74) is 1.74. The van der Waals surface area contributed by atoms with Gasteiger partial charge < -0.3 is 15.1 Å². The van der Waals surface area contributed by atoms with Crippen LogP contribution in [0.1, 0.15) is 5.56 Å². The van der Waals surface area contributed by atoms with Crippen molar-refractivity contribution in [3.63, 3.8) is 0 Å². The zero-order valence-electron chi connectivity index (χ0n) is 7.34. The Morgan fingerprint density at radius 2 is 2.29 bits per heavy atom. The normalized spacial score (nSPS) is 10.3. The van der Waals surface area contributed by atoms with Crippen LogP contribution in [0.25, 0.3) is 0 Å². The quantitative estimate of drug-likeness (QED) is 0.730. The van der Waals surface area contributed by atoms with Gasteiger partial charge in [0.1, 0.15) is 17.3 Å². The number of phenols is 1. The summed E-state index contributed by atoms with van der Waals surface area (Å²) in [6, 6.07) is 1.26. The van der Waals surface area contributed by atoms with Gasteiger partial charge in [-0.25, -0.2) is 9.87 Å². The maximum Gasteiger partial charge on any atom is 0.149 e. The van der Waals surface area contributed by atoms with Crippen LogP contribution in [0.4, 0.5) is 4.39 Å². The molecule has 0 spiro atoms. The van der Waals surface area contributed by atoms with E-state index in [2.05, 4.69) is 15.9 Å². The Morgan fingerprint density at radius 1 is 1.64 bits per heavy atom. The SMILES string of the molecule is COc1cc(O)c(CNO)c(F)c1Br. The van der Waals surface area contributed by atoms with E-state index in [0.717, 1.165) is 0 Å². The van der Waals surface area contributed by atoms with Gasteiger partial charge in [-0.2, -0.15) is 0 Å². The number of halogens is 2. The maximum atomic E-state index is 13.5. The lowest BCUT2D eigenvalue weighted by molar-refractivity contribution is 0.158. The summed E-state index contributed by atoms with van der Waals surface area (Å²) in [5.74, 6) is -0.741. The molecule has 0 atom stereocenters. The third-order valence-corrected chi connectivity index (χ3v) is 2.47. The lowest BCUT2D eigenvalue weighted by atomic mass is 10.2. The van der Waals surface area contributed by atoms with Crippen molar-refractivity contribution < 1.29 is 19.4 Å². The van der Waals surface area contributed by atoms with E-state index in [4.69, 9.17) is 9.94 Å². The lowest BCUT2D eigenvalue weighted by Crippen LogP contribution is -2.08. The monoisotopic (exact) mass is 265 g/mol. The third kappa shape index (κ3) is 1.97. The van der Waals surface area contributed by atoms with Crippen molar-refractivity contribution in [3.8, 4) is 11.5 Å². The van der Waals surface area contributed by atoms with Crippen molar-refractivity contribution in [1.29, 1.82) is 0 Å². The van der Waals surface area contributed by atoms with Gasteiger partial charge in [-0.3, -0.25) is 0 Å². The van der Waals surface area contributed by atoms with Gasteiger partial charge in [0.05, 0.1) is 18.1 Å². The number of methoxy groups -OCH3 is 1. The third-order valence-electron chi connectivity index (χ3n) is 1.73. The Labute approximate surface area is 88.4 Å². The van der Waals surface area contributed by atoms with Crippen LogP contribution in [0.5, 0.6) is 11.5 Å².